The minimum absolute atomic E-state index is 0.0190. The molecule has 3 aliphatic heterocycles. The van der Waals surface area contributed by atoms with Crippen LogP contribution in [0.3, 0.4) is 0 Å². The number of nitrogens with zero attached hydrogens (tertiary/aromatic N) is 7. The summed E-state index contributed by atoms with van der Waals surface area (Å²) in [5.41, 5.74) is 27.6. The number of aryl methyl sites for hydroxylation is 2. The zero-order valence-corrected chi connectivity index (χ0v) is 59.8. The molecule has 11 N–H and O–H groups in total. The highest BCUT2D eigenvalue weighted by Gasteiger charge is 2.27. The highest BCUT2D eigenvalue weighted by Crippen LogP contribution is 2.40. The summed E-state index contributed by atoms with van der Waals surface area (Å²) in [7, 11) is -11.4. The average Bonchev–Trinajstić information content (AvgIpc) is 1.73. The van der Waals surface area contributed by atoms with Gasteiger partial charge in [0.25, 0.3) is 0 Å². The van der Waals surface area contributed by atoms with Gasteiger partial charge in [-0.3, -0.25) is 5.41 Å². The monoisotopic (exact) mass is 1430 g/mol. The van der Waals surface area contributed by atoms with Gasteiger partial charge in [0, 0.05) is 76.9 Å². The number of rotatable bonds is 17. The summed E-state index contributed by atoms with van der Waals surface area (Å²) >= 11 is 0. The molecule has 10 aromatic carbocycles. The molecule has 23 heteroatoms. The minimum Gasteiger partial charge on any atom is -0.384 e. The zero-order chi connectivity index (χ0) is 72.6. The summed E-state index contributed by atoms with van der Waals surface area (Å²) in [4.78, 5) is 7.39. The molecule has 15 rings (SSSR count). The molecule has 0 amide bonds. The van der Waals surface area contributed by atoms with Crippen LogP contribution in [-0.2, 0) is 69.0 Å². The molecule has 12 aromatic rings. The number of sulfonamides is 3. The van der Waals surface area contributed by atoms with Crippen LogP contribution < -0.4 is 35.9 Å². The maximum atomic E-state index is 12.1. The first-order valence-corrected chi connectivity index (χ1v) is 38.1. The number of benzene rings is 10. The van der Waals surface area contributed by atoms with Crippen molar-refractivity contribution in [1.82, 2.24) is 19.6 Å². The van der Waals surface area contributed by atoms with Crippen molar-refractivity contribution in [2.75, 3.05) is 34.3 Å². The summed E-state index contributed by atoms with van der Waals surface area (Å²) in [5.74, 6) is 0.0190. The molecule has 2 aromatic heterocycles. The van der Waals surface area contributed by atoms with E-state index in [2.05, 4.69) is 92.6 Å². The molecule has 0 saturated carbocycles. The summed E-state index contributed by atoms with van der Waals surface area (Å²) in [6.07, 6.45) is 2.63. The molecular weight excluding hydrogens is 1350 g/mol. The Balaban J connectivity index is 0.000000138. The van der Waals surface area contributed by atoms with E-state index in [1.54, 1.807) is 55.5 Å². The van der Waals surface area contributed by atoms with E-state index < -0.39 is 30.1 Å². The lowest BCUT2D eigenvalue weighted by Crippen LogP contribution is -2.21. The molecule has 3 aliphatic rings. The summed E-state index contributed by atoms with van der Waals surface area (Å²) < 4.78 is 76.2. The Morgan fingerprint density at radius 3 is 1.18 bits per heavy atom. The molecule has 0 radical (unpaired) electrons. The molecule has 522 valence electrons. The molecule has 103 heavy (non-hydrogen) atoms. The Hall–Kier alpha value is -11.2. The number of anilines is 3. The molecule has 0 fully saturated rings. The van der Waals surface area contributed by atoms with Crippen LogP contribution in [-0.4, -0.2) is 81.7 Å². The van der Waals surface area contributed by atoms with Gasteiger partial charge in [-0.1, -0.05) is 121 Å². The van der Waals surface area contributed by atoms with Crippen molar-refractivity contribution in [2.24, 2.45) is 21.2 Å². The van der Waals surface area contributed by atoms with Crippen LogP contribution >= 0.6 is 0 Å². The van der Waals surface area contributed by atoms with Crippen molar-refractivity contribution in [3.8, 4) is 44.8 Å². The van der Waals surface area contributed by atoms with Gasteiger partial charge in [0.1, 0.15) is 5.84 Å². The van der Waals surface area contributed by atoms with Crippen LogP contribution in [0.4, 0.5) is 17.1 Å². The van der Waals surface area contributed by atoms with Crippen molar-refractivity contribution in [2.45, 2.75) is 81.3 Å². The van der Waals surface area contributed by atoms with Gasteiger partial charge in [-0.2, -0.15) is 10.2 Å². The SMILES string of the molecule is CC(=N)c1ccc2ccc(CN3CCc4cc(-c5ccccc5S(N)(=O)=O)ccc43)cc2c1.CC(=N)c1cccc(-n2nc(C)cc2CN2CCc3cc(-c4ccccc4S(N)(=O)=O)ccc32)c1.Cc1cc(CN2CCc3cc(-c4ccccc4S(N)(=O)=O)ccc32)n(-c2cccc(C(=N)N)c2)n1. The Morgan fingerprint density at radius 2 is 0.777 bits per heavy atom. The van der Waals surface area contributed by atoms with Gasteiger partial charge in [-0.15, -0.1) is 0 Å². The summed E-state index contributed by atoms with van der Waals surface area (Å²) in [6, 6.07) is 71.0. The number of nitrogens with two attached hydrogens (primary N) is 4. The Kier molecular flexibility index (Phi) is 19.6. The second-order valence-corrected chi connectivity index (χ2v) is 30.8. The molecule has 20 nitrogen and oxygen atoms in total. The third-order valence-corrected chi connectivity index (χ3v) is 21.8. The molecule has 0 saturated heterocycles. The normalized spacial score (nSPS) is 13.2. The molecule has 0 bridgehead atoms. The maximum absolute atomic E-state index is 12.1. The molecule has 0 atom stereocenters. The molecule has 5 heterocycles. The number of amidine groups is 1. The van der Waals surface area contributed by atoms with Gasteiger partial charge in [0.15, 0.2) is 0 Å². The first-order valence-electron chi connectivity index (χ1n) is 33.5. The van der Waals surface area contributed by atoms with Crippen LogP contribution in [0.1, 0.15) is 75.6 Å². The quantitative estimate of drug-likeness (QED) is 0.0331. The summed E-state index contributed by atoms with van der Waals surface area (Å²) in [5, 5.41) is 51.6. The topological polar surface area (TPSA) is 323 Å². The van der Waals surface area contributed by atoms with Gasteiger partial charge in [0.05, 0.1) is 61.9 Å². The fourth-order valence-corrected chi connectivity index (χ4v) is 16.2. The third-order valence-electron chi connectivity index (χ3n) is 18.9. The van der Waals surface area contributed by atoms with E-state index in [1.807, 2.05) is 127 Å². The van der Waals surface area contributed by atoms with E-state index in [0.29, 0.717) is 46.8 Å². The van der Waals surface area contributed by atoms with E-state index in [0.717, 1.165) is 130 Å². The van der Waals surface area contributed by atoms with Crippen molar-refractivity contribution >= 4 is 75.2 Å². The lowest BCUT2D eigenvalue weighted by molar-refractivity contribution is 0.596. The van der Waals surface area contributed by atoms with Gasteiger partial charge in [0.2, 0.25) is 30.1 Å². The predicted molar refractivity (Wildman–Crippen MR) is 411 cm³/mol. The second kappa shape index (κ2) is 28.7. The van der Waals surface area contributed by atoms with Crippen molar-refractivity contribution in [3.63, 3.8) is 0 Å². The van der Waals surface area contributed by atoms with Crippen LogP contribution in [0.15, 0.2) is 239 Å². The maximum Gasteiger partial charge on any atom is 0.238 e. The number of hydrogen-bond acceptors (Lipinski definition) is 14. The number of aromatic nitrogens is 4. The van der Waals surface area contributed by atoms with Gasteiger partial charge in [-0.05, 0) is 211 Å². The third kappa shape index (κ3) is 15.4. The lowest BCUT2D eigenvalue weighted by Gasteiger charge is -2.20. The van der Waals surface area contributed by atoms with Crippen LogP contribution in [0.25, 0.3) is 55.5 Å². The minimum atomic E-state index is -3.83. The number of hydrogen-bond donors (Lipinski definition) is 7. The molecular formula is C80H78N14O6S3. The van der Waals surface area contributed by atoms with Crippen LogP contribution in [0, 0.1) is 30.1 Å². The van der Waals surface area contributed by atoms with E-state index in [9.17, 15) is 25.3 Å². The predicted octanol–water partition coefficient (Wildman–Crippen LogP) is 12.9. The van der Waals surface area contributed by atoms with Crippen molar-refractivity contribution in [3.05, 3.63) is 286 Å². The van der Waals surface area contributed by atoms with Gasteiger partial charge >= 0.3 is 0 Å². The molecule has 0 unspecified atom stereocenters. The Bertz CT molecular complexity index is 5500. The van der Waals surface area contributed by atoms with E-state index in [1.165, 1.54) is 33.8 Å². The van der Waals surface area contributed by atoms with Crippen LogP contribution in [0.5, 0.6) is 0 Å². The number of primary sulfonamides is 3. The zero-order valence-electron chi connectivity index (χ0n) is 57.3. The summed E-state index contributed by atoms with van der Waals surface area (Å²) in [6.45, 7) is 12.3. The average molecular weight is 1430 g/mol. The smallest absolute Gasteiger partial charge is 0.238 e. The largest absolute Gasteiger partial charge is 0.384 e. The fraction of sp³-hybridized carbons (Fsp3) is 0.163. The van der Waals surface area contributed by atoms with E-state index in [4.69, 9.17) is 42.5 Å². The number of fused-ring (bicyclic) bond motifs is 4. The lowest BCUT2D eigenvalue weighted by atomic mass is 10.0. The fourth-order valence-electron chi connectivity index (χ4n) is 14.0. The number of nitrogen functional groups attached to an aromatic ring is 1. The van der Waals surface area contributed by atoms with Crippen molar-refractivity contribution in [1.29, 1.82) is 16.2 Å². The highest BCUT2D eigenvalue weighted by molar-refractivity contribution is 7.89. The van der Waals surface area contributed by atoms with E-state index >= 15 is 0 Å². The van der Waals surface area contributed by atoms with Gasteiger partial charge < -0.3 is 31.3 Å². The first-order chi connectivity index (χ1) is 49.2. The van der Waals surface area contributed by atoms with E-state index in [-0.39, 0.29) is 20.5 Å². The van der Waals surface area contributed by atoms with Crippen molar-refractivity contribution < 1.29 is 25.3 Å². The standard InChI is InChI=1S/C27H27N5O2S.C27H25N3O2S.C26H26N6O2S/c1-18-14-24(32(30-18)23-7-5-6-20(16-23)19(2)28)17-31-13-12-22-15-21(10-11-26(22)31)25-8-3-4-9-27(25)35(29,33)34;1-18(28)21-9-8-20-7-6-19(14-24(20)15-21)17-30-13-12-23-16-22(10-11-26(23)30)25-4-2-3-5-27(25)33(29,31)32;1-17-13-22(32(30-17)21-6-4-5-20(15-21)26(27)28)16-31-12-11-19-14-18(9-10-24(19)31)23-7-2-3-8-25(23)35(29,33)34/h3-11,14-16,28H,12-13,17H2,1-2H3,(H2,29,33,34);2-11,14-16,28H,12-13,17H2,1H3,(H2,29,31,32);2-10,13-15H,11-12,16H2,1H3,(H3,27,28)(H2,29,33,34). The molecule has 0 spiro atoms. The second-order valence-electron chi connectivity index (χ2n) is 26.2. The molecule has 0 aliphatic carbocycles. The first kappa shape index (κ1) is 70.3. The Morgan fingerprint density at radius 1 is 0.398 bits per heavy atom. The van der Waals surface area contributed by atoms with Crippen LogP contribution in [0.2, 0.25) is 0 Å². The highest BCUT2D eigenvalue weighted by atomic mass is 32.2. The Labute approximate surface area is 600 Å². The number of nitrogens with one attached hydrogen (secondary N) is 3. The van der Waals surface area contributed by atoms with Gasteiger partial charge in [-0.25, -0.2) is 50.0 Å².